The van der Waals surface area contributed by atoms with E-state index >= 15 is 0 Å². The molecule has 1 aliphatic carbocycles. The van der Waals surface area contributed by atoms with E-state index in [2.05, 4.69) is 10.6 Å². The monoisotopic (exact) mass is 588 g/mol. The van der Waals surface area contributed by atoms with Crippen LogP contribution in [0.2, 0.25) is 0 Å². The largest absolute Gasteiger partial charge is 0.380 e. The van der Waals surface area contributed by atoms with Crippen LogP contribution in [0.3, 0.4) is 0 Å². The van der Waals surface area contributed by atoms with Crippen LogP contribution in [-0.2, 0) is 33.4 Å². The zero-order chi connectivity index (χ0) is 31.1. The highest BCUT2D eigenvalue weighted by atomic mass is 32.2. The molecule has 1 atom stereocenters. The Morgan fingerprint density at radius 2 is 1.27 bits per heavy atom. The zero-order valence-electron chi connectivity index (χ0n) is 26.5. The molecule has 40 heavy (non-hydrogen) atoms. The number of carbonyl (C=O) groups excluding carboxylic acids is 5. The van der Waals surface area contributed by atoms with Gasteiger partial charge in [0.1, 0.15) is 11.6 Å². The Hall–Kier alpha value is -1.78. The lowest BCUT2D eigenvalue weighted by Gasteiger charge is -2.42. The molecule has 0 aromatic rings. The second kappa shape index (κ2) is 23.9. The molecule has 10 heteroatoms. The van der Waals surface area contributed by atoms with Crippen LogP contribution >= 0.6 is 11.8 Å². The maximum absolute atomic E-state index is 12.2. The Morgan fingerprint density at radius 1 is 0.775 bits per heavy atom. The van der Waals surface area contributed by atoms with Crippen LogP contribution < -0.4 is 10.6 Å². The number of carbonyl (C=O) groups is 5. The lowest BCUT2D eigenvalue weighted by atomic mass is 9.70. The van der Waals surface area contributed by atoms with Gasteiger partial charge in [-0.1, -0.05) is 41.5 Å². The van der Waals surface area contributed by atoms with Gasteiger partial charge in [-0.2, -0.15) is 11.8 Å². The number of ketones is 3. The van der Waals surface area contributed by atoms with E-state index in [4.69, 9.17) is 9.47 Å². The number of hydrogen-bond donors (Lipinski definition) is 2. The molecule has 1 unspecified atom stereocenters. The van der Waals surface area contributed by atoms with Crippen LogP contribution in [0.1, 0.15) is 100 Å². The zero-order valence-corrected chi connectivity index (χ0v) is 27.3. The number of ether oxygens (including phenoxy) is 2. The Labute approximate surface area is 247 Å². The molecule has 0 heterocycles. The molecule has 0 aromatic heterocycles. The highest BCUT2D eigenvalue weighted by Crippen LogP contribution is 2.34. The lowest BCUT2D eigenvalue weighted by Crippen LogP contribution is -2.60. The predicted molar refractivity (Wildman–Crippen MR) is 163 cm³/mol. The molecule has 0 spiro atoms. The first-order valence-corrected chi connectivity index (χ1v) is 16.0. The van der Waals surface area contributed by atoms with Crippen LogP contribution in [0, 0.1) is 11.8 Å². The topological polar surface area (TPSA) is 128 Å². The van der Waals surface area contributed by atoms with Gasteiger partial charge in [0.2, 0.25) is 11.8 Å². The second-order valence-corrected chi connectivity index (χ2v) is 11.4. The van der Waals surface area contributed by atoms with Gasteiger partial charge in [-0.15, -0.1) is 0 Å². The Balaban J connectivity index is 0. The van der Waals surface area contributed by atoms with Gasteiger partial charge in [-0.05, 0) is 39.4 Å². The van der Waals surface area contributed by atoms with Crippen molar-refractivity contribution in [1.29, 1.82) is 0 Å². The van der Waals surface area contributed by atoms with E-state index in [9.17, 15) is 24.0 Å². The number of rotatable bonds is 19. The molecule has 0 bridgehead atoms. The third kappa shape index (κ3) is 19.3. The summed E-state index contributed by atoms with van der Waals surface area (Å²) in [6.07, 6.45) is 5.85. The molecule has 2 N–H and O–H groups in total. The van der Waals surface area contributed by atoms with Crippen LogP contribution in [0.4, 0.5) is 0 Å². The Kier molecular flexibility index (Phi) is 24.1. The summed E-state index contributed by atoms with van der Waals surface area (Å²) in [5.74, 6) is 1.12. The average molecular weight is 589 g/mol. The third-order valence-electron chi connectivity index (χ3n) is 6.09. The molecule has 1 saturated carbocycles. The fourth-order valence-electron chi connectivity index (χ4n) is 3.70. The van der Waals surface area contributed by atoms with Crippen LogP contribution in [-0.4, -0.2) is 79.2 Å². The Bertz CT molecular complexity index is 752. The van der Waals surface area contributed by atoms with Crippen molar-refractivity contribution < 1.29 is 33.4 Å². The summed E-state index contributed by atoms with van der Waals surface area (Å²) in [5.41, 5.74) is -0.640. The molecule has 0 radical (unpaired) electrons. The second-order valence-electron chi connectivity index (χ2n) is 10.5. The van der Waals surface area contributed by atoms with E-state index < -0.39 is 5.54 Å². The minimum Gasteiger partial charge on any atom is -0.380 e. The molecular weight excluding hydrogens is 532 g/mol. The molecule has 234 valence electrons. The van der Waals surface area contributed by atoms with Crippen molar-refractivity contribution >= 4 is 40.9 Å². The SMILES string of the molecule is CC.CC(C)C(=O)CCOCCC(=O)NC1(C(=O)C(C)C)CCC1.CSCC(C)NC(=O)CCOCCC(C)=O. The summed E-state index contributed by atoms with van der Waals surface area (Å²) < 4.78 is 10.5. The minimum absolute atomic E-state index is 0.00405. The Morgan fingerprint density at radius 3 is 1.70 bits per heavy atom. The van der Waals surface area contributed by atoms with Crippen molar-refractivity contribution in [2.24, 2.45) is 11.8 Å². The average Bonchev–Trinajstić information content (AvgIpc) is 2.86. The van der Waals surface area contributed by atoms with Gasteiger partial charge < -0.3 is 20.1 Å². The molecular formula is C30H56N2O7S. The molecule has 0 aromatic carbocycles. The van der Waals surface area contributed by atoms with Gasteiger partial charge in [-0.3, -0.25) is 24.0 Å². The predicted octanol–water partition coefficient (Wildman–Crippen LogP) is 4.54. The first-order valence-electron chi connectivity index (χ1n) is 14.7. The first-order chi connectivity index (χ1) is 18.8. The smallest absolute Gasteiger partial charge is 0.223 e. The summed E-state index contributed by atoms with van der Waals surface area (Å²) in [6.45, 7) is 16.4. The highest BCUT2D eigenvalue weighted by molar-refractivity contribution is 7.98. The summed E-state index contributed by atoms with van der Waals surface area (Å²) in [4.78, 5) is 57.6. The van der Waals surface area contributed by atoms with E-state index in [1.54, 1.807) is 11.8 Å². The summed E-state index contributed by atoms with van der Waals surface area (Å²) >= 11 is 1.70. The molecule has 2 amide bonds. The normalized spacial score (nSPS) is 14.1. The van der Waals surface area contributed by atoms with Crippen molar-refractivity contribution in [3.05, 3.63) is 0 Å². The summed E-state index contributed by atoms with van der Waals surface area (Å²) in [6, 6.07) is 0.194. The minimum atomic E-state index is -0.640. The van der Waals surface area contributed by atoms with Gasteiger partial charge in [0.05, 0.1) is 32.0 Å². The molecule has 9 nitrogen and oxygen atoms in total. The number of thioether (sulfide) groups is 1. The number of hydrogen-bond acceptors (Lipinski definition) is 8. The van der Waals surface area contributed by atoms with Crippen molar-refractivity contribution in [3.63, 3.8) is 0 Å². The maximum atomic E-state index is 12.2. The van der Waals surface area contributed by atoms with E-state index in [1.807, 2.05) is 54.7 Å². The summed E-state index contributed by atoms with van der Waals surface area (Å²) in [5, 5.41) is 5.77. The van der Waals surface area contributed by atoms with Gasteiger partial charge >= 0.3 is 0 Å². The summed E-state index contributed by atoms with van der Waals surface area (Å²) in [7, 11) is 0. The van der Waals surface area contributed by atoms with E-state index in [-0.39, 0.29) is 60.1 Å². The quantitative estimate of drug-likeness (QED) is 0.211. The van der Waals surface area contributed by atoms with E-state index in [1.165, 1.54) is 6.92 Å². The fourth-order valence-corrected chi connectivity index (χ4v) is 4.28. The van der Waals surface area contributed by atoms with Crippen molar-refractivity contribution in [3.8, 4) is 0 Å². The third-order valence-corrected chi connectivity index (χ3v) is 6.92. The first kappa shape index (κ1) is 40.4. The van der Waals surface area contributed by atoms with Crippen molar-refractivity contribution in [2.45, 2.75) is 112 Å². The van der Waals surface area contributed by atoms with Crippen LogP contribution in [0.5, 0.6) is 0 Å². The molecule has 0 saturated heterocycles. The number of amides is 2. The molecule has 1 fully saturated rings. The van der Waals surface area contributed by atoms with Crippen LogP contribution in [0.25, 0.3) is 0 Å². The van der Waals surface area contributed by atoms with Crippen molar-refractivity contribution in [2.75, 3.05) is 38.4 Å². The van der Waals surface area contributed by atoms with E-state index in [0.29, 0.717) is 39.1 Å². The van der Waals surface area contributed by atoms with Crippen LogP contribution in [0.15, 0.2) is 0 Å². The maximum Gasteiger partial charge on any atom is 0.223 e. The lowest BCUT2D eigenvalue weighted by molar-refractivity contribution is -0.138. The van der Waals surface area contributed by atoms with Gasteiger partial charge in [0.25, 0.3) is 0 Å². The van der Waals surface area contributed by atoms with E-state index in [0.717, 1.165) is 25.0 Å². The molecule has 1 rings (SSSR count). The van der Waals surface area contributed by atoms with Gasteiger partial charge in [0, 0.05) is 49.3 Å². The van der Waals surface area contributed by atoms with Gasteiger partial charge in [0.15, 0.2) is 5.78 Å². The number of nitrogens with one attached hydrogen (secondary N) is 2. The highest BCUT2D eigenvalue weighted by Gasteiger charge is 2.45. The fraction of sp³-hybridized carbons (Fsp3) is 0.833. The van der Waals surface area contributed by atoms with Crippen molar-refractivity contribution in [1.82, 2.24) is 10.6 Å². The molecule has 0 aliphatic heterocycles. The number of Topliss-reactive ketones (excluding diaryl/α,β-unsaturated/α-hetero) is 3. The molecule has 1 aliphatic rings. The van der Waals surface area contributed by atoms with Gasteiger partial charge in [-0.25, -0.2) is 0 Å². The standard InChI is InChI=1S/C17H29NO4.C11H21NO3S.C2H6/c1-12(2)14(19)6-10-22-11-7-15(20)18-17(8-5-9-17)16(21)13(3)4;1-9(8-16-3)12-11(14)5-7-15-6-4-10(2)13;1-2/h12-13H,5-11H2,1-4H3,(H,18,20);9H,4-8H2,1-3H3,(H,12,14);1-2H3.